The number of hydrogen-bond acceptors (Lipinski definition) is 6. The molecule has 3 aromatic rings. The first-order valence-electron chi connectivity index (χ1n) is 8.65. The van der Waals surface area contributed by atoms with Gasteiger partial charge in [0.15, 0.2) is 10.8 Å². The Balaban J connectivity index is 2.00. The van der Waals surface area contributed by atoms with Gasteiger partial charge in [0.1, 0.15) is 29.0 Å². The number of nitrogen functional groups attached to an aromatic ring is 1. The number of aromatic nitrogens is 1. The van der Waals surface area contributed by atoms with Crippen LogP contribution in [0, 0.1) is 29.6 Å². The quantitative estimate of drug-likeness (QED) is 0.498. The van der Waals surface area contributed by atoms with Gasteiger partial charge in [-0.3, -0.25) is 10.5 Å². The number of carbonyl (C=O) groups is 1. The van der Waals surface area contributed by atoms with Crippen molar-refractivity contribution in [2.24, 2.45) is 0 Å². The number of anilines is 1. The maximum atomic E-state index is 12.5. The van der Waals surface area contributed by atoms with Gasteiger partial charge in [0.25, 0.3) is 5.82 Å². The van der Waals surface area contributed by atoms with Gasteiger partial charge in [0.2, 0.25) is 0 Å². The Labute approximate surface area is 172 Å². The van der Waals surface area contributed by atoms with Crippen LogP contribution in [-0.4, -0.2) is 16.6 Å². The predicted octanol–water partition coefficient (Wildman–Crippen LogP) is 3.48. The molecule has 0 saturated heterocycles. The first-order valence-corrected chi connectivity index (χ1v) is 9.64. The lowest BCUT2D eigenvalue weighted by Crippen LogP contribution is -2.19. The van der Waals surface area contributed by atoms with E-state index in [9.17, 15) is 20.4 Å². The minimum Gasteiger partial charge on any atom is -0.508 e. The molecular weight excluding hydrogens is 384 g/mol. The number of thioether (sulfide) groups is 1. The number of hydrogen-bond donors (Lipinski definition) is 2. The number of aryl methyl sites for hydroxylation is 1. The lowest BCUT2D eigenvalue weighted by atomic mass is 9.97. The largest absolute Gasteiger partial charge is 0.508 e. The second-order valence-electron chi connectivity index (χ2n) is 6.34. The SMILES string of the molecule is Cc1ccc(C(=O)CSc2[nH+]c(N)c(C#N)c(-c3ccc(O)cc3)c2C#N)cc1. The number of H-pyrrole nitrogens is 1. The summed E-state index contributed by atoms with van der Waals surface area (Å²) in [4.78, 5) is 15.4. The van der Waals surface area contributed by atoms with E-state index >= 15 is 0 Å². The Kier molecular flexibility index (Phi) is 5.82. The Hall–Kier alpha value is -3.81. The Morgan fingerprint density at radius 2 is 1.69 bits per heavy atom. The summed E-state index contributed by atoms with van der Waals surface area (Å²) in [6.07, 6.45) is 0. The number of phenols is 1. The Morgan fingerprint density at radius 3 is 2.28 bits per heavy atom. The van der Waals surface area contributed by atoms with Crippen molar-refractivity contribution in [2.75, 3.05) is 11.5 Å². The predicted molar refractivity (Wildman–Crippen MR) is 110 cm³/mol. The van der Waals surface area contributed by atoms with Gasteiger partial charge in [-0.15, -0.1) is 0 Å². The molecule has 4 N–H and O–H groups in total. The molecule has 0 saturated carbocycles. The third kappa shape index (κ3) is 4.21. The number of rotatable bonds is 5. The second kappa shape index (κ2) is 8.47. The topological polar surface area (TPSA) is 125 Å². The summed E-state index contributed by atoms with van der Waals surface area (Å²) < 4.78 is 0. The van der Waals surface area contributed by atoms with Crippen LogP contribution >= 0.6 is 11.8 Å². The number of benzene rings is 2. The van der Waals surface area contributed by atoms with Crippen LogP contribution in [0.25, 0.3) is 11.1 Å². The maximum absolute atomic E-state index is 12.5. The van der Waals surface area contributed by atoms with E-state index in [4.69, 9.17) is 5.73 Å². The summed E-state index contributed by atoms with van der Waals surface area (Å²) in [5, 5.41) is 29.3. The van der Waals surface area contributed by atoms with Crippen molar-refractivity contribution in [3.63, 3.8) is 0 Å². The Morgan fingerprint density at radius 1 is 1.07 bits per heavy atom. The van der Waals surface area contributed by atoms with Crippen LogP contribution in [0.15, 0.2) is 53.6 Å². The molecule has 2 aromatic carbocycles. The van der Waals surface area contributed by atoms with Crippen LogP contribution < -0.4 is 10.7 Å². The van der Waals surface area contributed by atoms with E-state index in [0.29, 0.717) is 21.7 Å². The highest BCUT2D eigenvalue weighted by molar-refractivity contribution is 7.99. The van der Waals surface area contributed by atoms with Crippen molar-refractivity contribution in [2.45, 2.75) is 11.9 Å². The molecule has 6 nitrogen and oxygen atoms in total. The van der Waals surface area contributed by atoms with Crippen molar-refractivity contribution in [1.29, 1.82) is 10.5 Å². The van der Waals surface area contributed by atoms with Crippen molar-refractivity contribution < 1.29 is 14.9 Å². The van der Waals surface area contributed by atoms with Crippen molar-refractivity contribution in [3.8, 4) is 29.0 Å². The Bertz CT molecular complexity index is 1160. The van der Waals surface area contributed by atoms with E-state index in [1.165, 1.54) is 12.1 Å². The van der Waals surface area contributed by atoms with E-state index in [-0.39, 0.29) is 34.2 Å². The van der Waals surface area contributed by atoms with Gasteiger partial charge in [-0.25, -0.2) is 4.98 Å². The van der Waals surface area contributed by atoms with E-state index < -0.39 is 0 Å². The molecule has 0 fully saturated rings. The van der Waals surface area contributed by atoms with Gasteiger partial charge in [0, 0.05) is 11.1 Å². The molecule has 0 radical (unpaired) electrons. The zero-order valence-corrected chi connectivity index (χ0v) is 16.4. The molecule has 1 aromatic heterocycles. The van der Waals surface area contributed by atoms with Gasteiger partial charge >= 0.3 is 0 Å². The zero-order valence-electron chi connectivity index (χ0n) is 15.6. The van der Waals surface area contributed by atoms with Crippen LogP contribution in [0.1, 0.15) is 27.0 Å². The number of Topliss-reactive ketones (excluding diaryl/α,β-unsaturated/α-hetero) is 1. The molecule has 0 atom stereocenters. The highest BCUT2D eigenvalue weighted by Crippen LogP contribution is 2.34. The van der Waals surface area contributed by atoms with E-state index in [2.05, 4.69) is 11.1 Å². The number of nitriles is 2. The summed E-state index contributed by atoms with van der Waals surface area (Å²) in [6, 6.07) is 17.6. The molecule has 7 heteroatoms. The van der Waals surface area contributed by atoms with Crippen molar-refractivity contribution in [3.05, 3.63) is 70.8 Å². The molecule has 0 aliphatic heterocycles. The smallest absolute Gasteiger partial charge is 0.289 e. The van der Waals surface area contributed by atoms with Gasteiger partial charge in [-0.2, -0.15) is 10.5 Å². The van der Waals surface area contributed by atoms with Crippen LogP contribution in [0.4, 0.5) is 5.82 Å². The minimum atomic E-state index is -0.0820. The van der Waals surface area contributed by atoms with Gasteiger partial charge in [-0.1, -0.05) is 53.7 Å². The minimum absolute atomic E-state index is 0.0690. The van der Waals surface area contributed by atoms with Gasteiger partial charge < -0.3 is 5.11 Å². The molecule has 1 heterocycles. The molecule has 0 aliphatic carbocycles. The van der Waals surface area contributed by atoms with Crippen LogP contribution in [0.3, 0.4) is 0 Å². The number of aromatic amines is 1. The van der Waals surface area contributed by atoms with Gasteiger partial charge in [0.05, 0.1) is 5.75 Å². The molecule has 142 valence electrons. The number of phenolic OH excluding ortho intramolecular Hbond substituents is 1. The fourth-order valence-corrected chi connectivity index (χ4v) is 3.75. The highest BCUT2D eigenvalue weighted by atomic mass is 32.2. The average Bonchev–Trinajstić information content (AvgIpc) is 2.72. The summed E-state index contributed by atoms with van der Waals surface area (Å²) in [5.74, 6) is 0.204. The molecule has 3 rings (SSSR count). The summed E-state index contributed by atoms with van der Waals surface area (Å²) in [7, 11) is 0. The van der Waals surface area contributed by atoms with E-state index in [1.54, 1.807) is 24.3 Å². The average molecular weight is 401 g/mol. The molecule has 29 heavy (non-hydrogen) atoms. The number of ketones is 1. The van der Waals surface area contributed by atoms with Crippen LogP contribution in [-0.2, 0) is 0 Å². The number of nitrogens with one attached hydrogen (secondary N) is 1. The number of aromatic hydroxyl groups is 1. The normalized spacial score (nSPS) is 10.2. The zero-order chi connectivity index (χ0) is 21.0. The molecular formula is C22H17N4O2S+. The molecule has 0 amide bonds. The van der Waals surface area contributed by atoms with Crippen molar-refractivity contribution in [1.82, 2.24) is 0 Å². The lowest BCUT2D eigenvalue weighted by molar-refractivity contribution is -0.410. The molecule has 0 aliphatic rings. The number of carbonyl (C=O) groups excluding carboxylic acids is 1. The molecule has 0 bridgehead atoms. The van der Waals surface area contributed by atoms with E-state index in [1.807, 2.05) is 25.1 Å². The number of nitrogens with two attached hydrogens (primary N) is 1. The monoisotopic (exact) mass is 401 g/mol. The fraction of sp³-hybridized carbons (Fsp3) is 0.0909. The lowest BCUT2D eigenvalue weighted by Gasteiger charge is -2.10. The third-order valence-corrected chi connectivity index (χ3v) is 5.35. The van der Waals surface area contributed by atoms with E-state index in [0.717, 1.165) is 17.3 Å². The number of nitrogens with zero attached hydrogens (tertiary/aromatic N) is 2. The van der Waals surface area contributed by atoms with Crippen LogP contribution in [0.5, 0.6) is 5.75 Å². The highest BCUT2D eigenvalue weighted by Gasteiger charge is 2.24. The fourth-order valence-electron chi connectivity index (χ4n) is 2.83. The number of pyridine rings is 1. The molecule has 0 unspecified atom stereocenters. The summed E-state index contributed by atoms with van der Waals surface area (Å²) >= 11 is 1.16. The molecule has 0 spiro atoms. The first kappa shape index (κ1) is 19.9. The second-order valence-corrected chi connectivity index (χ2v) is 7.33. The maximum Gasteiger partial charge on any atom is 0.289 e. The standard InChI is InChI=1S/C22H16N4O2S/c1-13-2-4-14(5-3-13)19(28)12-29-22-18(11-24)20(17(10-23)21(25)26-22)15-6-8-16(27)9-7-15/h2-9,27H,12H2,1H3,(H2,25,26)/p+1. The van der Waals surface area contributed by atoms with Crippen molar-refractivity contribution >= 4 is 23.4 Å². The van der Waals surface area contributed by atoms with Crippen LogP contribution in [0.2, 0.25) is 0 Å². The summed E-state index contributed by atoms with van der Waals surface area (Å²) in [6.45, 7) is 1.95. The van der Waals surface area contributed by atoms with Gasteiger partial charge in [-0.05, 0) is 24.6 Å². The summed E-state index contributed by atoms with van der Waals surface area (Å²) in [5.41, 5.74) is 8.98. The third-order valence-electron chi connectivity index (χ3n) is 4.35. The first-order chi connectivity index (χ1) is 13.9.